The summed E-state index contributed by atoms with van der Waals surface area (Å²) in [6, 6.07) is 11.1. The maximum atomic E-state index is 13.2. The van der Waals surface area contributed by atoms with Gasteiger partial charge in [-0.1, -0.05) is 50.6 Å². The molecule has 0 radical (unpaired) electrons. The number of thiocarbonyl (C=S) groups is 1. The number of rotatable bonds is 5. The zero-order valence-electron chi connectivity index (χ0n) is 23.0. The second-order valence-corrected chi connectivity index (χ2v) is 13.8. The number of benzene rings is 1. The van der Waals surface area contributed by atoms with E-state index in [1.165, 1.54) is 44.1 Å². The molecule has 0 aromatic heterocycles. The number of fused-ring (bicyclic) bond motifs is 3. The summed E-state index contributed by atoms with van der Waals surface area (Å²) >= 11 is 5.85. The van der Waals surface area contributed by atoms with E-state index >= 15 is 0 Å². The Morgan fingerprint density at radius 1 is 1.08 bits per heavy atom. The first-order chi connectivity index (χ1) is 17.1. The van der Waals surface area contributed by atoms with Crippen molar-refractivity contribution < 1.29 is 9.53 Å². The van der Waals surface area contributed by atoms with Crippen LogP contribution in [-0.2, 0) is 9.53 Å². The molecule has 2 N–H and O–H groups in total. The minimum atomic E-state index is -0.333. The molecule has 0 aliphatic heterocycles. The molecule has 4 saturated carbocycles. The van der Waals surface area contributed by atoms with Crippen molar-refractivity contribution in [3.8, 4) is 0 Å². The fourth-order valence-electron chi connectivity index (χ4n) is 9.75. The predicted molar refractivity (Wildman–Crippen MR) is 149 cm³/mol. The van der Waals surface area contributed by atoms with E-state index < -0.39 is 0 Å². The highest BCUT2D eigenvalue weighted by molar-refractivity contribution is 7.80. The summed E-state index contributed by atoms with van der Waals surface area (Å²) in [4.78, 5) is 13.2. The molecule has 1 aromatic carbocycles. The van der Waals surface area contributed by atoms with Crippen molar-refractivity contribution in [3.63, 3.8) is 0 Å². The van der Waals surface area contributed by atoms with Crippen molar-refractivity contribution in [2.24, 2.45) is 33.5 Å². The molecule has 4 aliphatic rings. The lowest BCUT2D eigenvalue weighted by Crippen LogP contribution is -2.58. The molecule has 0 amide bonds. The Labute approximate surface area is 223 Å². The minimum absolute atomic E-state index is 0.0486. The highest BCUT2D eigenvalue weighted by Crippen LogP contribution is 2.73. The van der Waals surface area contributed by atoms with Gasteiger partial charge in [0, 0.05) is 6.04 Å². The summed E-state index contributed by atoms with van der Waals surface area (Å²) in [6.45, 7) is 11.8. The van der Waals surface area contributed by atoms with Gasteiger partial charge in [-0.3, -0.25) is 4.79 Å². The van der Waals surface area contributed by atoms with Gasteiger partial charge in [-0.05, 0) is 118 Å². The zero-order valence-corrected chi connectivity index (χ0v) is 23.8. The average Bonchev–Trinajstić information content (AvgIpc) is 3.03. The molecule has 4 fully saturated rings. The zero-order chi connectivity index (χ0) is 25.8. The molecule has 36 heavy (non-hydrogen) atoms. The molecule has 0 unspecified atom stereocenters. The summed E-state index contributed by atoms with van der Waals surface area (Å²) in [5, 5.41) is 8.13. The first-order valence-electron chi connectivity index (χ1n) is 14.4. The first kappa shape index (κ1) is 26.0. The summed E-state index contributed by atoms with van der Waals surface area (Å²) < 4.78 is 5.64. The van der Waals surface area contributed by atoms with Crippen molar-refractivity contribution in [1.29, 1.82) is 0 Å². The summed E-state index contributed by atoms with van der Waals surface area (Å²) in [7, 11) is 0. The second-order valence-electron chi connectivity index (χ2n) is 13.4. The van der Waals surface area contributed by atoms with Gasteiger partial charge in [0.15, 0.2) is 5.11 Å². The van der Waals surface area contributed by atoms with E-state index in [0.717, 1.165) is 24.4 Å². The third-order valence-corrected chi connectivity index (χ3v) is 11.6. The van der Waals surface area contributed by atoms with Gasteiger partial charge in [0.05, 0.1) is 18.1 Å². The Kier molecular flexibility index (Phi) is 6.71. The van der Waals surface area contributed by atoms with E-state index in [2.05, 4.69) is 68.7 Å². The summed E-state index contributed by atoms with van der Waals surface area (Å²) in [5.74, 6) is 1.16. The number of hydrogen-bond donors (Lipinski definition) is 2. The van der Waals surface area contributed by atoms with Gasteiger partial charge in [0.1, 0.15) is 0 Å². The maximum absolute atomic E-state index is 13.2. The Balaban J connectivity index is 1.33. The van der Waals surface area contributed by atoms with Crippen LogP contribution < -0.4 is 10.6 Å². The van der Waals surface area contributed by atoms with Crippen LogP contribution in [0, 0.1) is 33.5 Å². The van der Waals surface area contributed by atoms with Crippen molar-refractivity contribution in [2.45, 2.75) is 104 Å². The fraction of sp³-hybridized carbons (Fsp3) is 0.742. The van der Waals surface area contributed by atoms with E-state index in [4.69, 9.17) is 17.0 Å². The third-order valence-electron chi connectivity index (χ3n) is 11.3. The normalized spacial score (nSPS) is 42.0. The highest BCUT2D eigenvalue weighted by atomic mass is 32.1. The van der Waals surface area contributed by atoms with Crippen molar-refractivity contribution in [2.75, 3.05) is 6.61 Å². The minimum Gasteiger partial charge on any atom is -0.466 e. The van der Waals surface area contributed by atoms with Gasteiger partial charge >= 0.3 is 5.97 Å². The van der Waals surface area contributed by atoms with Crippen LogP contribution in [0.25, 0.3) is 0 Å². The number of carbonyl (C=O) groups is 1. The van der Waals surface area contributed by atoms with Crippen LogP contribution in [0.5, 0.6) is 0 Å². The summed E-state index contributed by atoms with van der Waals surface area (Å²) in [5.41, 5.74) is 1.78. The van der Waals surface area contributed by atoms with Crippen LogP contribution in [0.2, 0.25) is 0 Å². The van der Waals surface area contributed by atoms with Crippen LogP contribution in [0.3, 0.4) is 0 Å². The molecular weight excluding hydrogens is 464 g/mol. The Morgan fingerprint density at radius 2 is 1.81 bits per heavy atom. The van der Waals surface area contributed by atoms with Crippen LogP contribution in [0.4, 0.5) is 0 Å². The van der Waals surface area contributed by atoms with Crippen LogP contribution in [0.15, 0.2) is 30.3 Å². The van der Waals surface area contributed by atoms with Crippen LogP contribution >= 0.6 is 12.2 Å². The lowest BCUT2D eigenvalue weighted by molar-refractivity contribution is -0.187. The standard InChI is InChI=1S/C31H46N2O2S/c1-6-35-26(34)30(5)16-10-15-29(4)23(30)14-18-31-19-25(28(3,20-31)17-13-24(29)31)33-27(36)32-21(2)22-11-8-7-9-12-22/h7-9,11-12,21,23-25H,6,10,13-20H2,1-5H3,(H2,32,33,36)/t21-,23-,24-,25+,28-,29+,30+,31-/m0/s1. The summed E-state index contributed by atoms with van der Waals surface area (Å²) in [6.07, 6.45) is 10.8. The molecule has 2 bridgehead atoms. The molecule has 0 heterocycles. The Bertz CT molecular complexity index is 1000. The van der Waals surface area contributed by atoms with Gasteiger partial charge < -0.3 is 15.4 Å². The molecule has 1 spiro atoms. The Morgan fingerprint density at radius 3 is 2.53 bits per heavy atom. The van der Waals surface area contributed by atoms with E-state index in [9.17, 15) is 4.79 Å². The molecule has 4 nitrogen and oxygen atoms in total. The first-order valence-corrected chi connectivity index (χ1v) is 14.8. The smallest absolute Gasteiger partial charge is 0.312 e. The lowest BCUT2D eigenvalue weighted by atomic mass is 9.40. The van der Waals surface area contributed by atoms with Crippen LogP contribution in [0.1, 0.15) is 104 Å². The van der Waals surface area contributed by atoms with Gasteiger partial charge in [-0.25, -0.2) is 0 Å². The quantitative estimate of drug-likeness (QED) is 0.332. The molecule has 0 saturated heterocycles. The monoisotopic (exact) mass is 510 g/mol. The fourth-order valence-corrected chi connectivity index (χ4v) is 10.1. The maximum Gasteiger partial charge on any atom is 0.312 e. The second kappa shape index (κ2) is 9.29. The number of esters is 1. The van der Waals surface area contributed by atoms with Crippen LogP contribution in [-0.4, -0.2) is 23.7 Å². The van der Waals surface area contributed by atoms with Crippen molar-refractivity contribution >= 4 is 23.3 Å². The average molecular weight is 511 g/mol. The van der Waals surface area contributed by atoms with Crippen molar-refractivity contribution in [1.82, 2.24) is 10.6 Å². The van der Waals surface area contributed by atoms with Gasteiger partial charge in [-0.15, -0.1) is 0 Å². The topological polar surface area (TPSA) is 50.4 Å². The van der Waals surface area contributed by atoms with Gasteiger partial charge in [0.25, 0.3) is 0 Å². The number of nitrogens with one attached hydrogen (secondary N) is 2. The molecule has 8 atom stereocenters. The van der Waals surface area contributed by atoms with Gasteiger partial charge in [0.2, 0.25) is 0 Å². The number of carbonyl (C=O) groups excluding carboxylic acids is 1. The molecule has 198 valence electrons. The number of hydrogen-bond acceptors (Lipinski definition) is 3. The SMILES string of the molecule is CCOC(=O)[C@]1(C)CCC[C@@]2(C)[C@@H]3CC[C@@]4(C)C[C@]3(CC[C@@H]21)C[C@H]4NC(=S)N[C@@H](C)c1ccccc1. The van der Waals surface area contributed by atoms with Crippen molar-refractivity contribution in [3.05, 3.63) is 35.9 Å². The van der Waals surface area contributed by atoms with Gasteiger partial charge in [-0.2, -0.15) is 0 Å². The number of ether oxygens (including phenoxy) is 1. The third kappa shape index (κ3) is 4.08. The highest BCUT2D eigenvalue weighted by Gasteiger charge is 2.68. The van der Waals surface area contributed by atoms with E-state index in [1.54, 1.807) is 0 Å². The molecule has 5 heteroatoms. The van der Waals surface area contributed by atoms with E-state index in [-0.39, 0.29) is 28.3 Å². The molecular formula is C31H46N2O2S. The van der Waals surface area contributed by atoms with E-state index in [1.807, 2.05) is 6.92 Å². The largest absolute Gasteiger partial charge is 0.466 e. The molecule has 5 rings (SSSR count). The predicted octanol–water partition coefficient (Wildman–Crippen LogP) is 6.95. The Hall–Kier alpha value is -1.62. The van der Waals surface area contributed by atoms with E-state index in [0.29, 0.717) is 29.9 Å². The lowest BCUT2D eigenvalue weighted by Gasteiger charge is -2.64. The molecule has 4 aliphatic carbocycles. The molecule has 1 aromatic rings.